The van der Waals surface area contributed by atoms with E-state index in [1.165, 1.54) is 33.9 Å². The van der Waals surface area contributed by atoms with Crippen LogP contribution < -0.4 is 4.72 Å². The molecule has 3 rings (SSSR count). The van der Waals surface area contributed by atoms with Gasteiger partial charge < -0.3 is 0 Å². The van der Waals surface area contributed by atoms with Crippen LogP contribution in [0.4, 0.5) is 10.1 Å². The number of imidazole rings is 1. The van der Waals surface area contributed by atoms with E-state index in [0.717, 1.165) is 0 Å². The normalized spacial score (nSPS) is 12.0. The molecule has 0 aliphatic rings. The van der Waals surface area contributed by atoms with Crippen LogP contribution in [0.25, 0.3) is 4.96 Å². The van der Waals surface area contributed by atoms with Crippen molar-refractivity contribution in [3.63, 3.8) is 0 Å². The van der Waals surface area contributed by atoms with Gasteiger partial charge in [0.15, 0.2) is 15.1 Å². The molecule has 2 heterocycles. The predicted octanol–water partition coefficient (Wildman–Crippen LogP) is 3.59. The van der Waals surface area contributed by atoms with Crippen LogP contribution in [0.1, 0.15) is 0 Å². The number of anilines is 1. The van der Waals surface area contributed by atoms with Crippen LogP contribution in [-0.2, 0) is 10.0 Å². The first-order chi connectivity index (χ1) is 9.88. The van der Waals surface area contributed by atoms with Crippen LogP contribution in [0.5, 0.6) is 0 Å². The van der Waals surface area contributed by atoms with E-state index in [-0.39, 0.29) is 15.9 Å². The van der Waals surface area contributed by atoms with E-state index in [9.17, 15) is 12.8 Å². The van der Waals surface area contributed by atoms with Crippen LogP contribution >= 0.6 is 45.5 Å². The summed E-state index contributed by atoms with van der Waals surface area (Å²) in [6, 6.07) is 3.77. The van der Waals surface area contributed by atoms with E-state index < -0.39 is 15.8 Å². The van der Waals surface area contributed by atoms with Crippen molar-refractivity contribution in [2.24, 2.45) is 0 Å². The van der Waals surface area contributed by atoms with Gasteiger partial charge in [-0.25, -0.2) is 9.37 Å². The molecule has 110 valence electrons. The van der Waals surface area contributed by atoms with E-state index in [1.807, 2.05) is 22.6 Å². The molecule has 0 saturated carbocycles. The second-order valence-electron chi connectivity index (χ2n) is 3.99. The molecule has 0 atom stereocenters. The SMILES string of the molecule is O=S(=O)(Nc1ccc(F)cc1I)c1c(Cl)nc2sccn12. The highest BCUT2D eigenvalue weighted by Crippen LogP contribution is 2.28. The Bertz CT molecular complexity index is 938. The minimum Gasteiger partial charge on any atom is -0.278 e. The van der Waals surface area contributed by atoms with Crippen molar-refractivity contribution < 1.29 is 12.8 Å². The molecule has 0 fully saturated rings. The third kappa shape index (κ3) is 2.74. The maximum Gasteiger partial charge on any atom is 0.281 e. The van der Waals surface area contributed by atoms with Crippen molar-refractivity contribution in [2.45, 2.75) is 5.03 Å². The van der Waals surface area contributed by atoms with E-state index in [4.69, 9.17) is 11.6 Å². The maximum atomic E-state index is 13.1. The number of fused-ring (bicyclic) bond motifs is 1. The summed E-state index contributed by atoms with van der Waals surface area (Å²) >= 11 is 9.04. The molecule has 0 spiro atoms. The quantitative estimate of drug-likeness (QED) is 0.612. The fourth-order valence-corrected chi connectivity index (χ4v) is 5.08. The summed E-state index contributed by atoms with van der Waals surface area (Å²) < 4.78 is 42.3. The van der Waals surface area contributed by atoms with Gasteiger partial charge in [0.25, 0.3) is 10.0 Å². The topological polar surface area (TPSA) is 63.5 Å². The molecular formula is C11H6ClFIN3O2S2. The van der Waals surface area contributed by atoms with Crippen LogP contribution in [0.2, 0.25) is 5.15 Å². The minimum atomic E-state index is -3.93. The van der Waals surface area contributed by atoms with Gasteiger partial charge in [-0.05, 0) is 40.8 Å². The molecule has 1 aromatic carbocycles. The molecule has 1 N–H and O–H groups in total. The molecule has 0 radical (unpaired) electrons. The molecule has 0 unspecified atom stereocenters. The Kier molecular flexibility index (Phi) is 3.84. The third-order valence-electron chi connectivity index (χ3n) is 2.61. The lowest BCUT2D eigenvalue weighted by molar-refractivity contribution is 0.596. The Balaban J connectivity index is 2.08. The van der Waals surface area contributed by atoms with Gasteiger partial charge in [0, 0.05) is 15.1 Å². The van der Waals surface area contributed by atoms with Crippen molar-refractivity contribution in [3.8, 4) is 0 Å². The van der Waals surface area contributed by atoms with Gasteiger partial charge in [0.05, 0.1) is 5.69 Å². The highest BCUT2D eigenvalue weighted by molar-refractivity contribution is 14.1. The highest BCUT2D eigenvalue weighted by Gasteiger charge is 2.25. The number of sulfonamides is 1. The van der Waals surface area contributed by atoms with Crippen LogP contribution in [0, 0.1) is 9.39 Å². The lowest BCUT2D eigenvalue weighted by atomic mass is 10.3. The van der Waals surface area contributed by atoms with E-state index in [2.05, 4.69) is 9.71 Å². The number of hydrogen-bond acceptors (Lipinski definition) is 4. The van der Waals surface area contributed by atoms with Crippen molar-refractivity contribution in [1.29, 1.82) is 0 Å². The number of halogens is 3. The molecule has 0 saturated heterocycles. The summed E-state index contributed by atoms with van der Waals surface area (Å²) in [5.41, 5.74) is 0.276. The van der Waals surface area contributed by atoms with Gasteiger partial charge in [-0.3, -0.25) is 9.12 Å². The standard InChI is InChI=1S/C11H6ClFIN3O2S2/c12-9-10(17-3-4-20-11(17)15-9)21(18,19)16-8-2-1-6(13)5-7(8)14/h1-5,16H. The zero-order chi connectivity index (χ0) is 15.2. The summed E-state index contributed by atoms with van der Waals surface area (Å²) in [5, 5.41) is 1.46. The van der Waals surface area contributed by atoms with Crippen molar-refractivity contribution >= 4 is 66.2 Å². The third-order valence-corrected chi connectivity index (χ3v) is 6.02. The first-order valence-electron chi connectivity index (χ1n) is 5.47. The fourth-order valence-electron chi connectivity index (χ4n) is 1.74. The summed E-state index contributed by atoms with van der Waals surface area (Å²) in [6.07, 6.45) is 1.57. The average Bonchev–Trinajstić information content (AvgIpc) is 2.91. The molecule has 2 aromatic heterocycles. The Labute approximate surface area is 142 Å². The van der Waals surface area contributed by atoms with E-state index >= 15 is 0 Å². The van der Waals surface area contributed by atoms with Gasteiger partial charge in [0.2, 0.25) is 0 Å². The minimum absolute atomic E-state index is 0.105. The monoisotopic (exact) mass is 457 g/mol. The lowest BCUT2D eigenvalue weighted by Crippen LogP contribution is -2.16. The molecule has 0 bridgehead atoms. The summed E-state index contributed by atoms with van der Waals surface area (Å²) in [4.78, 5) is 4.46. The number of thiazole rings is 1. The Morgan fingerprint density at radius 1 is 1.43 bits per heavy atom. The molecular weight excluding hydrogens is 452 g/mol. The molecule has 21 heavy (non-hydrogen) atoms. The van der Waals surface area contributed by atoms with E-state index in [0.29, 0.717) is 8.53 Å². The first kappa shape index (κ1) is 15.0. The molecule has 3 aromatic rings. The Morgan fingerprint density at radius 3 is 2.90 bits per heavy atom. The Morgan fingerprint density at radius 2 is 2.19 bits per heavy atom. The van der Waals surface area contributed by atoms with Gasteiger partial charge in [-0.1, -0.05) is 11.6 Å². The second-order valence-corrected chi connectivity index (χ2v) is 7.98. The van der Waals surface area contributed by atoms with Crippen molar-refractivity contribution in [2.75, 3.05) is 4.72 Å². The zero-order valence-electron chi connectivity index (χ0n) is 10.0. The zero-order valence-corrected chi connectivity index (χ0v) is 14.6. The van der Waals surface area contributed by atoms with Crippen LogP contribution in [-0.4, -0.2) is 17.8 Å². The summed E-state index contributed by atoms with van der Waals surface area (Å²) in [6.45, 7) is 0. The summed E-state index contributed by atoms with van der Waals surface area (Å²) in [7, 11) is -3.93. The smallest absolute Gasteiger partial charge is 0.278 e. The van der Waals surface area contributed by atoms with Gasteiger partial charge in [0.1, 0.15) is 5.82 Å². The molecule has 0 aliphatic heterocycles. The molecule has 10 heteroatoms. The average molecular weight is 458 g/mol. The summed E-state index contributed by atoms with van der Waals surface area (Å²) in [5.74, 6) is -0.440. The fraction of sp³-hybridized carbons (Fsp3) is 0. The predicted molar refractivity (Wildman–Crippen MR) is 88.0 cm³/mol. The van der Waals surface area contributed by atoms with Crippen LogP contribution in [0.3, 0.4) is 0 Å². The lowest BCUT2D eigenvalue weighted by Gasteiger charge is -2.09. The second kappa shape index (κ2) is 5.38. The number of hydrogen-bond donors (Lipinski definition) is 1. The van der Waals surface area contributed by atoms with Crippen LogP contribution in [0.15, 0.2) is 34.8 Å². The van der Waals surface area contributed by atoms with E-state index in [1.54, 1.807) is 11.6 Å². The largest absolute Gasteiger partial charge is 0.281 e. The number of aromatic nitrogens is 2. The van der Waals surface area contributed by atoms with Gasteiger partial charge in [-0.2, -0.15) is 8.42 Å². The number of rotatable bonds is 3. The first-order valence-corrected chi connectivity index (χ1v) is 9.29. The van der Waals surface area contributed by atoms with Crippen molar-refractivity contribution in [1.82, 2.24) is 9.38 Å². The Hall–Kier alpha value is -0.910. The molecule has 5 nitrogen and oxygen atoms in total. The maximum absolute atomic E-state index is 13.1. The molecule has 0 aliphatic carbocycles. The highest BCUT2D eigenvalue weighted by atomic mass is 127. The number of benzene rings is 1. The van der Waals surface area contributed by atoms with Gasteiger partial charge in [-0.15, -0.1) is 11.3 Å². The van der Waals surface area contributed by atoms with Gasteiger partial charge >= 0.3 is 0 Å². The van der Waals surface area contributed by atoms with Crippen molar-refractivity contribution in [3.05, 3.63) is 44.3 Å². The molecule has 0 amide bonds. The number of nitrogens with one attached hydrogen (secondary N) is 1. The number of nitrogens with zero attached hydrogens (tertiary/aromatic N) is 2.